The van der Waals surface area contributed by atoms with Crippen molar-refractivity contribution in [1.29, 1.82) is 0 Å². The first-order chi connectivity index (χ1) is 5.74. The minimum atomic E-state index is -0.864. The molecule has 0 spiro atoms. The second-order valence-electron chi connectivity index (χ2n) is 3.10. The summed E-state index contributed by atoms with van der Waals surface area (Å²) in [5.74, 6) is -0.864. The Hall–Kier alpha value is -0.990. The molecule has 3 heteroatoms. The molecule has 0 bridgehead atoms. The molecule has 1 aliphatic rings. The summed E-state index contributed by atoms with van der Waals surface area (Å²) in [5, 5.41) is 8.42. The van der Waals surface area contributed by atoms with E-state index < -0.39 is 5.97 Å². The number of aliphatic carboxylic acids is 1. The van der Waals surface area contributed by atoms with Crippen LogP contribution in [0.15, 0.2) is 12.3 Å². The highest BCUT2D eigenvalue weighted by Gasteiger charge is 2.19. The van der Waals surface area contributed by atoms with Crippen molar-refractivity contribution < 1.29 is 9.90 Å². The average Bonchev–Trinajstić information content (AvgIpc) is 2.47. The fraction of sp³-hybridized carbons (Fsp3) is 0.667. The Morgan fingerprint density at radius 1 is 1.75 bits per heavy atom. The van der Waals surface area contributed by atoms with Crippen LogP contribution >= 0.6 is 0 Å². The molecule has 3 nitrogen and oxygen atoms in total. The molecule has 0 aromatic heterocycles. The molecule has 1 heterocycles. The van der Waals surface area contributed by atoms with Crippen LogP contribution in [0.2, 0.25) is 0 Å². The summed E-state index contributed by atoms with van der Waals surface area (Å²) >= 11 is 0. The van der Waals surface area contributed by atoms with Gasteiger partial charge in [-0.05, 0) is 19.3 Å². The van der Waals surface area contributed by atoms with E-state index in [1.807, 2.05) is 0 Å². The second-order valence-corrected chi connectivity index (χ2v) is 3.10. The molecule has 68 valence electrons. The molecular weight excluding hydrogens is 154 g/mol. The predicted molar refractivity (Wildman–Crippen MR) is 46.8 cm³/mol. The first-order valence-electron chi connectivity index (χ1n) is 4.41. The Kier molecular flexibility index (Phi) is 3.14. The van der Waals surface area contributed by atoms with Crippen LogP contribution in [-0.2, 0) is 4.79 Å². The second kappa shape index (κ2) is 4.14. The van der Waals surface area contributed by atoms with Gasteiger partial charge in [0, 0.05) is 24.9 Å². The van der Waals surface area contributed by atoms with Crippen molar-refractivity contribution in [2.24, 2.45) is 0 Å². The van der Waals surface area contributed by atoms with Gasteiger partial charge in [0.15, 0.2) is 0 Å². The SMILES string of the molecule is CCC1CCCN1C=CC(=O)O. The average molecular weight is 169 g/mol. The highest BCUT2D eigenvalue weighted by molar-refractivity contribution is 5.79. The molecule has 1 N–H and O–H groups in total. The van der Waals surface area contributed by atoms with Crippen molar-refractivity contribution in [1.82, 2.24) is 4.90 Å². The summed E-state index contributed by atoms with van der Waals surface area (Å²) in [6.07, 6.45) is 6.39. The summed E-state index contributed by atoms with van der Waals surface area (Å²) < 4.78 is 0. The lowest BCUT2D eigenvalue weighted by Crippen LogP contribution is -2.23. The van der Waals surface area contributed by atoms with Crippen LogP contribution in [-0.4, -0.2) is 28.6 Å². The van der Waals surface area contributed by atoms with Gasteiger partial charge in [0.1, 0.15) is 0 Å². The third-order valence-corrected chi connectivity index (χ3v) is 2.30. The largest absolute Gasteiger partial charge is 0.478 e. The fourth-order valence-corrected chi connectivity index (χ4v) is 1.65. The van der Waals surface area contributed by atoms with Crippen LogP contribution in [0.1, 0.15) is 26.2 Å². The topological polar surface area (TPSA) is 40.5 Å². The van der Waals surface area contributed by atoms with Gasteiger partial charge >= 0.3 is 5.97 Å². The van der Waals surface area contributed by atoms with Crippen LogP contribution < -0.4 is 0 Å². The van der Waals surface area contributed by atoms with Crippen LogP contribution in [0, 0.1) is 0 Å². The van der Waals surface area contributed by atoms with E-state index >= 15 is 0 Å². The highest BCUT2D eigenvalue weighted by Crippen LogP contribution is 2.19. The number of carbonyl (C=O) groups is 1. The smallest absolute Gasteiger partial charge is 0.329 e. The minimum absolute atomic E-state index is 0.556. The van der Waals surface area contributed by atoms with E-state index in [2.05, 4.69) is 11.8 Å². The number of likely N-dealkylation sites (tertiary alicyclic amines) is 1. The molecule has 1 saturated heterocycles. The first kappa shape index (κ1) is 9.10. The van der Waals surface area contributed by atoms with E-state index in [9.17, 15) is 4.79 Å². The van der Waals surface area contributed by atoms with Crippen LogP contribution in [0.5, 0.6) is 0 Å². The summed E-state index contributed by atoms with van der Waals surface area (Å²) in [7, 11) is 0. The van der Waals surface area contributed by atoms with Crippen LogP contribution in [0.3, 0.4) is 0 Å². The molecule has 1 atom stereocenters. The standard InChI is InChI=1S/C9H15NO2/c1-2-8-4-3-6-10(8)7-5-9(11)12/h5,7-8H,2-4,6H2,1H3,(H,11,12). The molecule has 1 rings (SSSR count). The third-order valence-electron chi connectivity index (χ3n) is 2.30. The number of hydrogen-bond acceptors (Lipinski definition) is 2. The lowest BCUT2D eigenvalue weighted by molar-refractivity contribution is -0.131. The van der Waals surface area contributed by atoms with Crippen LogP contribution in [0.25, 0.3) is 0 Å². The molecule has 1 aliphatic heterocycles. The Morgan fingerprint density at radius 3 is 3.08 bits per heavy atom. The monoisotopic (exact) mass is 169 g/mol. The number of nitrogens with zero attached hydrogens (tertiary/aromatic N) is 1. The van der Waals surface area contributed by atoms with Gasteiger partial charge in [-0.2, -0.15) is 0 Å². The van der Waals surface area contributed by atoms with E-state index in [-0.39, 0.29) is 0 Å². The molecule has 0 aliphatic carbocycles. The lowest BCUT2D eigenvalue weighted by atomic mass is 10.2. The summed E-state index contributed by atoms with van der Waals surface area (Å²) in [6, 6.07) is 0.556. The zero-order chi connectivity index (χ0) is 8.97. The Labute approximate surface area is 72.7 Å². The molecule has 0 amide bonds. The van der Waals surface area contributed by atoms with Gasteiger partial charge in [-0.3, -0.25) is 0 Å². The fourth-order valence-electron chi connectivity index (χ4n) is 1.65. The van der Waals surface area contributed by atoms with Crippen molar-refractivity contribution in [3.8, 4) is 0 Å². The van der Waals surface area contributed by atoms with Crippen molar-refractivity contribution in [3.63, 3.8) is 0 Å². The third kappa shape index (κ3) is 2.26. The van der Waals surface area contributed by atoms with Gasteiger partial charge in [-0.25, -0.2) is 4.79 Å². The number of carboxylic acid groups (broad SMARTS) is 1. The molecule has 1 unspecified atom stereocenters. The number of carboxylic acids is 1. The van der Waals surface area contributed by atoms with E-state index in [1.54, 1.807) is 6.20 Å². The van der Waals surface area contributed by atoms with Gasteiger partial charge in [0.25, 0.3) is 0 Å². The zero-order valence-electron chi connectivity index (χ0n) is 7.36. The van der Waals surface area contributed by atoms with Crippen molar-refractivity contribution in [3.05, 3.63) is 12.3 Å². The molecule has 0 saturated carbocycles. The van der Waals surface area contributed by atoms with Gasteiger partial charge in [-0.15, -0.1) is 0 Å². The molecular formula is C9H15NO2. The highest BCUT2D eigenvalue weighted by atomic mass is 16.4. The van der Waals surface area contributed by atoms with E-state index in [0.717, 1.165) is 13.0 Å². The van der Waals surface area contributed by atoms with Crippen molar-refractivity contribution >= 4 is 5.97 Å². The summed E-state index contributed by atoms with van der Waals surface area (Å²) in [5.41, 5.74) is 0. The summed E-state index contributed by atoms with van der Waals surface area (Å²) in [6.45, 7) is 3.14. The maximum Gasteiger partial charge on any atom is 0.329 e. The first-order valence-corrected chi connectivity index (χ1v) is 4.41. The minimum Gasteiger partial charge on any atom is -0.478 e. The Bertz CT molecular complexity index is 189. The van der Waals surface area contributed by atoms with E-state index in [4.69, 9.17) is 5.11 Å². The quantitative estimate of drug-likeness (QED) is 0.650. The van der Waals surface area contributed by atoms with Crippen LogP contribution in [0.4, 0.5) is 0 Å². The van der Waals surface area contributed by atoms with Gasteiger partial charge in [0.05, 0.1) is 0 Å². The zero-order valence-corrected chi connectivity index (χ0v) is 7.36. The molecule has 0 radical (unpaired) electrons. The lowest BCUT2D eigenvalue weighted by Gasteiger charge is -2.20. The van der Waals surface area contributed by atoms with Crippen molar-refractivity contribution in [2.45, 2.75) is 32.2 Å². The molecule has 1 fully saturated rings. The summed E-state index contributed by atoms with van der Waals surface area (Å²) in [4.78, 5) is 12.4. The maximum atomic E-state index is 10.2. The van der Waals surface area contributed by atoms with Crippen molar-refractivity contribution in [2.75, 3.05) is 6.54 Å². The van der Waals surface area contributed by atoms with Gasteiger partial charge in [-0.1, -0.05) is 6.92 Å². The van der Waals surface area contributed by atoms with Gasteiger partial charge in [0.2, 0.25) is 0 Å². The molecule has 12 heavy (non-hydrogen) atoms. The van der Waals surface area contributed by atoms with E-state index in [0.29, 0.717) is 6.04 Å². The predicted octanol–water partition coefficient (Wildman–Crippen LogP) is 1.46. The number of hydrogen-bond donors (Lipinski definition) is 1. The Balaban J connectivity index is 2.45. The van der Waals surface area contributed by atoms with Gasteiger partial charge < -0.3 is 10.0 Å². The Morgan fingerprint density at radius 2 is 2.50 bits per heavy atom. The molecule has 0 aromatic rings. The molecule has 0 aromatic carbocycles. The van der Waals surface area contributed by atoms with E-state index in [1.165, 1.54) is 18.9 Å². The normalized spacial score (nSPS) is 23.8. The number of rotatable bonds is 3. The maximum absolute atomic E-state index is 10.2.